The van der Waals surface area contributed by atoms with E-state index >= 15 is 0 Å². The molecular weight excluding hydrogens is 494 g/mol. The van der Waals surface area contributed by atoms with Crippen molar-refractivity contribution in [2.45, 2.75) is 30.8 Å². The molecule has 2 aromatic carbocycles. The van der Waals surface area contributed by atoms with Crippen molar-refractivity contribution in [2.75, 3.05) is 25.0 Å². The topological polar surface area (TPSA) is 139 Å². The molecule has 3 rings (SSSR count). The van der Waals surface area contributed by atoms with Gasteiger partial charge in [-0.1, -0.05) is 30.3 Å². The monoisotopic (exact) mass is 521 g/mol. The van der Waals surface area contributed by atoms with E-state index in [1.54, 1.807) is 30.3 Å². The Balaban J connectivity index is 1.48. The zero-order chi connectivity index (χ0) is 25.5. The van der Waals surface area contributed by atoms with Gasteiger partial charge >= 0.3 is 5.97 Å². The molecule has 188 valence electrons. The fourth-order valence-corrected chi connectivity index (χ4v) is 5.53. The van der Waals surface area contributed by atoms with E-state index in [1.807, 2.05) is 0 Å². The number of amides is 1. The third-order valence-electron chi connectivity index (χ3n) is 5.16. The van der Waals surface area contributed by atoms with Gasteiger partial charge in [0, 0.05) is 24.2 Å². The van der Waals surface area contributed by atoms with Crippen molar-refractivity contribution in [3.05, 3.63) is 65.6 Å². The Labute approximate surface area is 205 Å². The number of ether oxygens (including phenoxy) is 1. The predicted molar refractivity (Wildman–Crippen MR) is 131 cm³/mol. The zero-order valence-corrected chi connectivity index (χ0v) is 20.7. The maximum absolute atomic E-state index is 12.6. The van der Waals surface area contributed by atoms with Gasteiger partial charge in [-0.3, -0.25) is 9.59 Å². The summed E-state index contributed by atoms with van der Waals surface area (Å²) in [5, 5.41) is 3.46. The first-order chi connectivity index (χ1) is 16.6. The quantitative estimate of drug-likeness (QED) is 0.456. The fourth-order valence-electron chi connectivity index (χ4n) is 3.26. The highest BCUT2D eigenvalue weighted by molar-refractivity contribution is 7.92. The molecule has 0 bridgehead atoms. The van der Waals surface area contributed by atoms with E-state index in [2.05, 4.69) is 10.0 Å². The van der Waals surface area contributed by atoms with Crippen molar-refractivity contribution in [3.63, 3.8) is 0 Å². The lowest BCUT2D eigenvalue weighted by Crippen LogP contribution is -2.35. The van der Waals surface area contributed by atoms with Crippen LogP contribution in [-0.4, -0.2) is 58.8 Å². The molecule has 1 heterocycles. The summed E-state index contributed by atoms with van der Waals surface area (Å²) in [6.07, 6.45) is 1.83. The first kappa shape index (κ1) is 26.5. The first-order valence-electron chi connectivity index (χ1n) is 10.9. The lowest BCUT2D eigenvalue weighted by atomic mass is 10.2. The average molecular weight is 522 g/mol. The third-order valence-corrected chi connectivity index (χ3v) is 8.11. The molecular formula is C23H27N3O7S2. The highest BCUT2D eigenvalue weighted by Gasteiger charge is 2.27. The number of hydrogen-bond donors (Lipinski definition) is 2. The molecule has 2 aromatic rings. The molecule has 1 amide bonds. The van der Waals surface area contributed by atoms with Crippen molar-refractivity contribution in [2.24, 2.45) is 0 Å². The van der Waals surface area contributed by atoms with Crippen molar-refractivity contribution in [1.82, 2.24) is 9.03 Å². The van der Waals surface area contributed by atoms with E-state index in [-0.39, 0.29) is 4.90 Å². The molecule has 0 aromatic heterocycles. The van der Waals surface area contributed by atoms with E-state index in [9.17, 15) is 26.4 Å². The van der Waals surface area contributed by atoms with Crippen molar-refractivity contribution in [1.29, 1.82) is 0 Å². The van der Waals surface area contributed by atoms with E-state index in [4.69, 9.17) is 4.74 Å². The number of nitrogens with one attached hydrogen (secondary N) is 2. The van der Waals surface area contributed by atoms with E-state index < -0.39 is 44.6 Å². The van der Waals surface area contributed by atoms with Crippen LogP contribution in [0.1, 0.15) is 25.3 Å². The number of rotatable bonds is 10. The minimum absolute atomic E-state index is 0.130. The van der Waals surface area contributed by atoms with Gasteiger partial charge in [0.25, 0.3) is 5.91 Å². The third kappa shape index (κ3) is 7.72. The zero-order valence-electron chi connectivity index (χ0n) is 19.1. The van der Waals surface area contributed by atoms with E-state index in [0.717, 1.165) is 18.2 Å². The smallest absolute Gasteiger partial charge is 0.321 e. The normalized spacial score (nSPS) is 15.7. The Hall–Kier alpha value is -3.06. The van der Waals surface area contributed by atoms with Crippen molar-refractivity contribution in [3.8, 4) is 0 Å². The van der Waals surface area contributed by atoms with Crippen LogP contribution in [0.15, 0.2) is 64.9 Å². The Morgan fingerprint density at radius 3 is 2.26 bits per heavy atom. The van der Waals surface area contributed by atoms with Crippen LogP contribution in [0.2, 0.25) is 0 Å². The van der Waals surface area contributed by atoms with E-state index in [1.165, 1.54) is 41.6 Å². The minimum atomic E-state index is -3.89. The van der Waals surface area contributed by atoms with Crippen LogP contribution in [0.5, 0.6) is 0 Å². The molecule has 0 radical (unpaired) electrons. The Bertz CT molecular complexity index is 1270. The summed E-state index contributed by atoms with van der Waals surface area (Å²) >= 11 is 0. The number of carbonyl (C=O) groups excluding carboxylic acids is 2. The van der Waals surface area contributed by atoms with Crippen LogP contribution < -0.4 is 10.0 Å². The summed E-state index contributed by atoms with van der Waals surface area (Å²) in [5.41, 5.74) is 0.998. The van der Waals surface area contributed by atoms with Gasteiger partial charge in [0.1, 0.15) is 6.54 Å². The second-order valence-corrected chi connectivity index (χ2v) is 11.4. The molecule has 10 nitrogen and oxygen atoms in total. The molecule has 1 fully saturated rings. The largest absolute Gasteiger partial charge is 0.452 e. The second-order valence-electron chi connectivity index (χ2n) is 7.84. The highest BCUT2D eigenvalue weighted by Crippen LogP contribution is 2.22. The molecule has 0 spiro atoms. The van der Waals surface area contributed by atoms with Crippen LogP contribution in [0.4, 0.5) is 5.69 Å². The summed E-state index contributed by atoms with van der Waals surface area (Å²) in [6.45, 7) is 1.66. The molecule has 0 saturated carbocycles. The molecule has 1 aliphatic rings. The molecule has 1 aliphatic heterocycles. The lowest BCUT2D eigenvalue weighted by molar-refractivity contribution is -0.151. The molecule has 2 N–H and O–H groups in total. The number of hydrogen-bond acceptors (Lipinski definition) is 7. The lowest BCUT2D eigenvalue weighted by Gasteiger charge is -2.16. The van der Waals surface area contributed by atoms with Gasteiger partial charge in [0.2, 0.25) is 20.0 Å². The number of nitrogens with zero attached hydrogens (tertiary/aromatic N) is 1. The van der Waals surface area contributed by atoms with Gasteiger partial charge in [-0.05, 0) is 55.7 Å². The molecule has 1 unspecified atom stereocenters. The number of carbonyl (C=O) groups is 2. The highest BCUT2D eigenvalue weighted by atomic mass is 32.2. The predicted octanol–water partition coefficient (Wildman–Crippen LogP) is 1.93. The summed E-state index contributed by atoms with van der Waals surface area (Å²) in [7, 11) is -7.45. The van der Waals surface area contributed by atoms with Crippen LogP contribution in [0, 0.1) is 0 Å². The van der Waals surface area contributed by atoms with Gasteiger partial charge < -0.3 is 10.1 Å². The maximum Gasteiger partial charge on any atom is 0.321 e. The summed E-state index contributed by atoms with van der Waals surface area (Å²) in [5.74, 6) is -1.59. The Morgan fingerprint density at radius 1 is 1.00 bits per heavy atom. The number of benzene rings is 2. The van der Waals surface area contributed by atoms with Gasteiger partial charge in [0.15, 0.2) is 6.10 Å². The maximum atomic E-state index is 12.6. The van der Waals surface area contributed by atoms with Gasteiger partial charge in [-0.15, -0.1) is 0 Å². The van der Waals surface area contributed by atoms with Crippen LogP contribution >= 0.6 is 0 Å². The summed E-state index contributed by atoms with van der Waals surface area (Å²) in [6, 6.07) is 14.5. The summed E-state index contributed by atoms with van der Waals surface area (Å²) in [4.78, 5) is 24.5. The molecule has 0 aliphatic carbocycles. The minimum Gasteiger partial charge on any atom is -0.452 e. The summed E-state index contributed by atoms with van der Waals surface area (Å²) < 4.78 is 57.7. The average Bonchev–Trinajstić information content (AvgIpc) is 3.39. The SMILES string of the molecule is CC(OC(=O)CNS(=O)(=O)/C=C/c1ccccc1)C(=O)Nc1ccc(S(=O)(=O)N2CCCC2)cc1. The van der Waals surface area contributed by atoms with Gasteiger partial charge in [0.05, 0.1) is 4.90 Å². The number of anilines is 1. The second kappa shape index (κ2) is 11.6. The van der Waals surface area contributed by atoms with Crippen LogP contribution in [-0.2, 0) is 34.4 Å². The van der Waals surface area contributed by atoms with Crippen LogP contribution in [0.25, 0.3) is 6.08 Å². The number of sulfonamides is 2. The molecule has 1 saturated heterocycles. The molecule has 35 heavy (non-hydrogen) atoms. The molecule has 12 heteroatoms. The van der Waals surface area contributed by atoms with E-state index in [0.29, 0.717) is 24.3 Å². The Morgan fingerprint density at radius 2 is 1.63 bits per heavy atom. The van der Waals surface area contributed by atoms with Crippen molar-refractivity contribution >= 4 is 43.7 Å². The van der Waals surface area contributed by atoms with Crippen LogP contribution in [0.3, 0.4) is 0 Å². The first-order valence-corrected chi connectivity index (χ1v) is 13.9. The van der Waals surface area contributed by atoms with Crippen molar-refractivity contribution < 1.29 is 31.2 Å². The standard InChI is InChI=1S/C23H27N3O7S2/c1-18(33-22(27)17-24-34(29,30)16-13-19-7-3-2-4-8-19)23(28)25-20-9-11-21(12-10-20)35(31,32)26-14-5-6-15-26/h2-4,7-13,16,18,24H,5-6,14-15,17H2,1H3,(H,25,28)/b16-13+. The van der Waals surface area contributed by atoms with Gasteiger partial charge in [-0.25, -0.2) is 21.6 Å². The molecule has 1 atom stereocenters. The fraction of sp³-hybridized carbons (Fsp3) is 0.304. The Kier molecular flexibility index (Phi) is 8.78. The number of esters is 1. The van der Waals surface area contributed by atoms with Gasteiger partial charge in [-0.2, -0.15) is 4.31 Å².